The molecular formula is C14H21N7O2. The minimum atomic E-state index is -0.0412. The van der Waals surface area contributed by atoms with Crippen LogP contribution in [0.3, 0.4) is 0 Å². The van der Waals surface area contributed by atoms with Gasteiger partial charge in [0.15, 0.2) is 17.0 Å². The third kappa shape index (κ3) is 2.96. The minimum absolute atomic E-state index is 0.0109. The summed E-state index contributed by atoms with van der Waals surface area (Å²) >= 11 is 0. The molecule has 0 bridgehead atoms. The Morgan fingerprint density at radius 2 is 2.26 bits per heavy atom. The van der Waals surface area contributed by atoms with E-state index in [1.807, 2.05) is 18.7 Å². The van der Waals surface area contributed by atoms with Gasteiger partial charge in [-0.1, -0.05) is 5.21 Å². The van der Waals surface area contributed by atoms with Crippen LogP contribution in [0, 0.1) is 5.92 Å². The third-order valence-corrected chi connectivity index (χ3v) is 3.94. The van der Waals surface area contributed by atoms with Crippen LogP contribution in [0.25, 0.3) is 11.2 Å². The highest BCUT2D eigenvalue weighted by molar-refractivity contribution is 5.86. The number of nitrogens with zero attached hydrogens (tertiary/aromatic N) is 6. The first-order chi connectivity index (χ1) is 11.1. The monoisotopic (exact) mass is 319 g/mol. The van der Waals surface area contributed by atoms with E-state index in [2.05, 4.69) is 25.6 Å². The number of methoxy groups -OCH3 is 1. The minimum Gasteiger partial charge on any atom is -0.383 e. The fraction of sp³-hybridized carbons (Fsp3) is 0.643. The summed E-state index contributed by atoms with van der Waals surface area (Å²) in [5.74, 6) is 0.748. The number of aromatic nitrogens is 5. The van der Waals surface area contributed by atoms with Gasteiger partial charge >= 0.3 is 0 Å². The molecule has 23 heavy (non-hydrogen) atoms. The van der Waals surface area contributed by atoms with Crippen molar-refractivity contribution in [3.8, 4) is 0 Å². The predicted octanol–water partition coefficient (Wildman–Crippen LogP) is -0.171. The molecular weight excluding hydrogens is 298 g/mol. The van der Waals surface area contributed by atoms with E-state index in [4.69, 9.17) is 4.74 Å². The van der Waals surface area contributed by atoms with Gasteiger partial charge < -0.3 is 15.0 Å². The van der Waals surface area contributed by atoms with Crippen LogP contribution in [0.2, 0.25) is 0 Å². The van der Waals surface area contributed by atoms with E-state index in [-0.39, 0.29) is 17.9 Å². The van der Waals surface area contributed by atoms with E-state index in [1.54, 1.807) is 11.8 Å². The Labute approximate surface area is 134 Å². The van der Waals surface area contributed by atoms with Gasteiger partial charge in [-0.3, -0.25) is 4.79 Å². The molecule has 2 aromatic rings. The summed E-state index contributed by atoms with van der Waals surface area (Å²) in [5, 5.41) is 11.2. The molecule has 1 fully saturated rings. The Kier molecular flexibility index (Phi) is 4.37. The zero-order chi connectivity index (χ0) is 16.4. The van der Waals surface area contributed by atoms with Crippen molar-refractivity contribution in [3.63, 3.8) is 0 Å². The number of amides is 1. The maximum atomic E-state index is 12.1. The fourth-order valence-corrected chi connectivity index (χ4v) is 2.69. The number of carbonyl (C=O) groups is 1. The quantitative estimate of drug-likeness (QED) is 0.789. The topological polar surface area (TPSA) is 98.1 Å². The lowest BCUT2D eigenvalue weighted by Crippen LogP contribution is -2.55. The van der Waals surface area contributed by atoms with Crippen LogP contribution >= 0.6 is 0 Å². The second-order valence-corrected chi connectivity index (χ2v) is 5.74. The summed E-state index contributed by atoms with van der Waals surface area (Å²) in [6.45, 7) is 6.37. The lowest BCUT2D eigenvalue weighted by Gasteiger charge is -2.39. The van der Waals surface area contributed by atoms with Crippen LogP contribution in [0.5, 0.6) is 0 Å². The van der Waals surface area contributed by atoms with Crippen molar-refractivity contribution in [2.24, 2.45) is 5.92 Å². The Balaban J connectivity index is 1.65. The van der Waals surface area contributed by atoms with Crippen molar-refractivity contribution >= 4 is 22.9 Å². The van der Waals surface area contributed by atoms with Crippen molar-refractivity contribution in [2.75, 3.05) is 31.7 Å². The third-order valence-electron chi connectivity index (χ3n) is 3.94. The van der Waals surface area contributed by atoms with E-state index in [1.165, 1.54) is 6.33 Å². The molecule has 0 aromatic carbocycles. The van der Waals surface area contributed by atoms with Gasteiger partial charge in [-0.2, -0.15) is 0 Å². The number of hydrogen-bond donors (Lipinski definition) is 1. The average molecular weight is 319 g/mol. The average Bonchev–Trinajstić information content (AvgIpc) is 2.89. The van der Waals surface area contributed by atoms with Gasteiger partial charge in [-0.25, -0.2) is 14.6 Å². The zero-order valence-corrected chi connectivity index (χ0v) is 13.6. The van der Waals surface area contributed by atoms with Crippen LogP contribution < -0.4 is 10.2 Å². The number of hydrogen-bond acceptors (Lipinski definition) is 7. The van der Waals surface area contributed by atoms with Crippen LogP contribution in [0.1, 0.15) is 13.8 Å². The second-order valence-electron chi connectivity index (χ2n) is 5.74. The lowest BCUT2D eigenvalue weighted by molar-refractivity contribution is -0.126. The summed E-state index contributed by atoms with van der Waals surface area (Å²) in [5.41, 5.74) is 1.40. The number of rotatable bonds is 6. The van der Waals surface area contributed by atoms with Gasteiger partial charge in [0.05, 0.1) is 12.5 Å². The van der Waals surface area contributed by atoms with Crippen LogP contribution in [0.15, 0.2) is 6.33 Å². The molecule has 1 aliphatic rings. The summed E-state index contributed by atoms with van der Waals surface area (Å²) in [6.07, 6.45) is 1.52. The summed E-state index contributed by atoms with van der Waals surface area (Å²) in [6, 6.07) is 0.0109. The molecule has 1 amide bonds. The largest absolute Gasteiger partial charge is 0.383 e. The van der Waals surface area contributed by atoms with E-state index >= 15 is 0 Å². The highest BCUT2D eigenvalue weighted by Gasteiger charge is 2.35. The molecule has 0 spiro atoms. The molecule has 1 saturated heterocycles. The highest BCUT2D eigenvalue weighted by Crippen LogP contribution is 2.27. The van der Waals surface area contributed by atoms with Gasteiger partial charge in [0.2, 0.25) is 5.91 Å². The number of ether oxygens (including phenoxy) is 1. The highest BCUT2D eigenvalue weighted by atomic mass is 16.5. The van der Waals surface area contributed by atoms with Gasteiger partial charge in [0.25, 0.3) is 0 Å². The summed E-state index contributed by atoms with van der Waals surface area (Å²) in [7, 11) is 1.62. The van der Waals surface area contributed by atoms with E-state index < -0.39 is 0 Å². The first-order valence-corrected chi connectivity index (χ1v) is 7.72. The Morgan fingerprint density at radius 1 is 1.48 bits per heavy atom. The molecule has 1 N–H and O–H groups in total. The fourth-order valence-electron chi connectivity index (χ4n) is 2.69. The molecule has 1 aliphatic heterocycles. The van der Waals surface area contributed by atoms with Gasteiger partial charge in [0, 0.05) is 32.8 Å². The van der Waals surface area contributed by atoms with Crippen molar-refractivity contribution in [1.29, 1.82) is 0 Å². The van der Waals surface area contributed by atoms with Crippen molar-refractivity contribution < 1.29 is 9.53 Å². The van der Waals surface area contributed by atoms with Gasteiger partial charge in [-0.05, 0) is 13.8 Å². The molecule has 1 atom stereocenters. The van der Waals surface area contributed by atoms with Crippen molar-refractivity contribution in [1.82, 2.24) is 30.3 Å². The summed E-state index contributed by atoms with van der Waals surface area (Å²) in [4.78, 5) is 22.7. The maximum Gasteiger partial charge on any atom is 0.226 e. The predicted molar refractivity (Wildman–Crippen MR) is 84.0 cm³/mol. The molecule has 9 heteroatoms. The second kappa shape index (κ2) is 6.45. The van der Waals surface area contributed by atoms with E-state index in [0.29, 0.717) is 31.8 Å². The molecule has 3 heterocycles. The molecule has 0 aliphatic carbocycles. The molecule has 124 valence electrons. The number of anilines is 1. The first-order valence-electron chi connectivity index (χ1n) is 7.72. The molecule has 3 rings (SSSR count). The van der Waals surface area contributed by atoms with E-state index in [0.717, 1.165) is 11.5 Å². The number of nitrogens with one attached hydrogen (secondary N) is 1. The maximum absolute atomic E-state index is 12.1. The lowest BCUT2D eigenvalue weighted by atomic mass is 9.98. The van der Waals surface area contributed by atoms with Crippen molar-refractivity contribution in [2.45, 2.75) is 26.4 Å². The standard InChI is InChI=1S/C14H21N7O2/c1-4-21-13-11(18-19-21)12(15-8-16-13)20-5-10(6-20)14(22)17-9(2)7-23-3/h8-10H,4-7H2,1-3H3,(H,17,22). The number of fused-ring (bicyclic) bond motifs is 1. The van der Waals surface area contributed by atoms with Crippen LogP contribution in [-0.4, -0.2) is 63.7 Å². The Hall–Kier alpha value is -2.29. The summed E-state index contributed by atoms with van der Waals surface area (Å²) < 4.78 is 6.76. The smallest absolute Gasteiger partial charge is 0.226 e. The van der Waals surface area contributed by atoms with Crippen LogP contribution in [0.4, 0.5) is 5.82 Å². The Morgan fingerprint density at radius 3 is 2.96 bits per heavy atom. The zero-order valence-electron chi connectivity index (χ0n) is 13.6. The van der Waals surface area contributed by atoms with E-state index in [9.17, 15) is 4.79 Å². The number of aryl methyl sites for hydroxylation is 1. The Bertz CT molecular complexity index is 695. The first kappa shape index (κ1) is 15.6. The SMILES string of the molecule is CCn1nnc2c(N3CC(C(=O)NC(C)COC)C3)ncnc21. The molecule has 1 unspecified atom stereocenters. The van der Waals surface area contributed by atoms with Gasteiger partial charge in [0.1, 0.15) is 6.33 Å². The molecule has 0 radical (unpaired) electrons. The molecule has 0 saturated carbocycles. The molecule has 2 aromatic heterocycles. The van der Waals surface area contributed by atoms with Crippen molar-refractivity contribution in [3.05, 3.63) is 6.33 Å². The van der Waals surface area contributed by atoms with Gasteiger partial charge in [-0.15, -0.1) is 5.10 Å². The number of carbonyl (C=O) groups excluding carboxylic acids is 1. The normalized spacial score (nSPS) is 16.4. The van der Waals surface area contributed by atoms with Crippen LogP contribution in [-0.2, 0) is 16.1 Å². The molecule has 9 nitrogen and oxygen atoms in total.